The van der Waals surface area contributed by atoms with Gasteiger partial charge in [0.1, 0.15) is 0 Å². The minimum Gasteiger partial charge on any atom is -0.385 e. The van der Waals surface area contributed by atoms with Crippen molar-refractivity contribution in [2.75, 3.05) is 17.2 Å². The standard InChI is InChI=1S/C16H17N3O/c1-11-6-8-17-10-15(11)19-16(20)13-4-5-14-12(9-13)3-2-7-18-14/h4-6,8-10,18H,2-3,7H2,1H3,(H,19,20). The van der Waals surface area contributed by atoms with Crippen molar-refractivity contribution in [2.45, 2.75) is 19.8 Å². The Labute approximate surface area is 118 Å². The predicted molar refractivity (Wildman–Crippen MR) is 80.2 cm³/mol. The van der Waals surface area contributed by atoms with Crippen LogP contribution in [-0.2, 0) is 6.42 Å². The van der Waals surface area contributed by atoms with Gasteiger partial charge in [-0.25, -0.2) is 0 Å². The lowest BCUT2D eigenvalue weighted by Gasteiger charge is -2.18. The molecule has 1 amide bonds. The number of hydrogen-bond acceptors (Lipinski definition) is 3. The highest BCUT2D eigenvalue weighted by Gasteiger charge is 2.13. The third-order valence-corrected chi connectivity index (χ3v) is 3.59. The summed E-state index contributed by atoms with van der Waals surface area (Å²) in [5.41, 5.74) is 4.81. The van der Waals surface area contributed by atoms with Crippen LogP contribution < -0.4 is 10.6 Å². The van der Waals surface area contributed by atoms with E-state index in [1.54, 1.807) is 12.4 Å². The first kappa shape index (κ1) is 12.7. The minimum absolute atomic E-state index is 0.0885. The zero-order valence-electron chi connectivity index (χ0n) is 11.4. The summed E-state index contributed by atoms with van der Waals surface area (Å²) in [4.78, 5) is 16.3. The number of pyridine rings is 1. The van der Waals surface area contributed by atoms with Gasteiger partial charge < -0.3 is 10.6 Å². The van der Waals surface area contributed by atoms with E-state index in [0.717, 1.165) is 36.3 Å². The molecule has 4 nitrogen and oxygen atoms in total. The Balaban J connectivity index is 1.82. The fraction of sp³-hybridized carbons (Fsp3) is 0.250. The summed E-state index contributed by atoms with van der Waals surface area (Å²) >= 11 is 0. The van der Waals surface area contributed by atoms with Crippen LogP contribution in [0.4, 0.5) is 11.4 Å². The summed E-state index contributed by atoms with van der Waals surface area (Å²) in [6.07, 6.45) is 5.53. The van der Waals surface area contributed by atoms with Crippen molar-refractivity contribution in [1.29, 1.82) is 0 Å². The Kier molecular flexibility index (Phi) is 3.37. The number of fused-ring (bicyclic) bond motifs is 1. The van der Waals surface area contributed by atoms with Crippen LogP contribution in [0.15, 0.2) is 36.7 Å². The van der Waals surface area contributed by atoms with E-state index in [9.17, 15) is 4.79 Å². The lowest BCUT2D eigenvalue weighted by molar-refractivity contribution is 0.102. The van der Waals surface area contributed by atoms with Crippen molar-refractivity contribution in [3.05, 3.63) is 53.3 Å². The number of nitrogens with zero attached hydrogens (tertiary/aromatic N) is 1. The molecule has 1 aliphatic heterocycles. The highest BCUT2D eigenvalue weighted by atomic mass is 16.1. The van der Waals surface area contributed by atoms with Crippen LogP contribution in [0.2, 0.25) is 0 Å². The molecule has 0 radical (unpaired) electrons. The molecule has 20 heavy (non-hydrogen) atoms. The highest BCUT2D eigenvalue weighted by molar-refractivity contribution is 6.05. The van der Waals surface area contributed by atoms with Crippen LogP contribution in [0.5, 0.6) is 0 Å². The second kappa shape index (κ2) is 5.33. The molecular weight excluding hydrogens is 250 g/mol. The van der Waals surface area contributed by atoms with Gasteiger partial charge in [0.2, 0.25) is 0 Å². The summed E-state index contributed by atoms with van der Waals surface area (Å²) in [6.45, 7) is 2.96. The van der Waals surface area contributed by atoms with Gasteiger partial charge in [-0.05, 0) is 55.2 Å². The van der Waals surface area contributed by atoms with Crippen LogP contribution in [0.3, 0.4) is 0 Å². The zero-order chi connectivity index (χ0) is 13.9. The summed E-state index contributed by atoms with van der Waals surface area (Å²) in [5, 5.41) is 6.26. The van der Waals surface area contributed by atoms with Gasteiger partial charge in [0, 0.05) is 24.0 Å². The first-order valence-electron chi connectivity index (χ1n) is 6.83. The van der Waals surface area contributed by atoms with Crippen molar-refractivity contribution in [1.82, 2.24) is 4.98 Å². The third-order valence-electron chi connectivity index (χ3n) is 3.59. The van der Waals surface area contributed by atoms with Gasteiger partial charge in [-0.2, -0.15) is 0 Å². The first-order chi connectivity index (χ1) is 9.74. The first-order valence-corrected chi connectivity index (χ1v) is 6.83. The second-order valence-corrected chi connectivity index (χ2v) is 5.05. The number of carbonyl (C=O) groups is 1. The topological polar surface area (TPSA) is 54.0 Å². The monoisotopic (exact) mass is 267 g/mol. The smallest absolute Gasteiger partial charge is 0.255 e. The Bertz CT molecular complexity index is 652. The Morgan fingerprint density at radius 2 is 2.25 bits per heavy atom. The molecule has 2 N–H and O–H groups in total. The minimum atomic E-state index is -0.0885. The van der Waals surface area contributed by atoms with Crippen molar-refractivity contribution >= 4 is 17.3 Å². The summed E-state index contributed by atoms with van der Waals surface area (Å²) < 4.78 is 0. The van der Waals surface area contributed by atoms with E-state index < -0.39 is 0 Å². The van der Waals surface area contributed by atoms with E-state index in [4.69, 9.17) is 0 Å². The average molecular weight is 267 g/mol. The molecule has 102 valence electrons. The maximum atomic E-state index is 12.3. The van der Waals surface area contributed by atoms with E-state index in [1.165, 1.54) is 5.56 Å². The molecule has 1 aliphatic rings. The molecule has 0 spiro atoms. The number of benzene rings is 1. The normalized spacial score (nSPS) is 13.2. The van der Waals surface area contributed by atoms with Crippen LogP contribution in [0.25, 0.3) is 0 Å². The predicted octanol–water partition coefficient (Wildman–Crippen LogP) is 3.00. The molecular formula is C16H17N3O. The van der Waals surface area contributed by atoms with Gasteiger partial charge in [0.05, 0.1) is 11.9 Å². The van der Waals surface area contributed by atoms with Crippen LogP contribution in [0, 0.1) is 6.92 Å². The summed E-state index contributed by atoms with van der Waals surface area (Å²) in [7, 11) is 0. The molecule has 0 atom stereocenters. The van der Waals surface area contributed by atoms with Gasteiger partial charge in [0.15, 0.2) is 0 Å². The number of aromatic nitrogens is 1. The van der Waals surface area contributed by atoms with Gasteiger partial charge in [-0.1, -0.05) is 0 Å². The molecule has 0 unspecified atom stereocenters. The van der Waals surface area contributed by atoms with Gasteiger partial charge in [-0.15, -0.1) is 0 Å². The molecule has 2 aromatic rings. The molecule has 0 fully saturated rings. The molecule has 3 rings (SSSR count). The molecule has 0 bridgehead atoms. The van der Waals surface area contributed by atoms with Gasteiger partial charge in [-0.3, -0.25) is 9.78 Å². The maximum absolute atomic E-state index is 12.3. The van der Waals surface area contributed by atoms with E-state index in [0.29, 0.717) is 5.56 Å². The quantitative estimate of drug-likeness (QED) is 0.879. The fourth-order valence-electron chi connectivity index (χ4n) is 2.41. The van der Waals surface area contributed by atoms with E-state index in [1.807, 2.05) is 31.2 Å². The summed E-state index contributed by atoms with van der Waals surface area (Å²) in [5.74, 6) is -0.0885. The van der Waals surface area contributed by atoms with Crippen LogP contribution in [-0.4, -0.2) is 17.4 Å². The van der Waals surface area contributed by atoms with Crippen molar-refractivity contribution in [3.63, 3.8) is 0 Å². The number of aryl methyl sites for hydroxylation is 2. The molecule has 0 aliphatic carbocycles. The Morgan fingerprint density at radius 3 is 3.10 bits per heavy atom. The molecule has 0 saturated heterocycles. The van der Waals surface area contributed by atoms with Crippen LogP contribution in [0.1, 0.15) is 27.9 Å². The fourth-order valence-corrected chi connectivity index (χ4v) is 2.41. The molecule has 4 heteroatoms. The van der Waals surface area contributed by atoms with E-state index >= 15 is 0 Å². The SMILES string of the molecule is Cc1ccncc1NC(=O)c1ccc2c(c1)CCCN2. The molecule has 1 aromatic heterocycles. The van der Waals surface area contributed by atoms with Gasteiger partial charge >= 0.3 is 0 Å². The molecule has 1 aromatic carbocycles. The number of carbonyl (C=O) groups excluding carboxylic acids is 1. The Morgan fingerprint density at radius 1 is 1.35 bits per heavy atom. The molecule has 2 heterocycles. The lowest BCUT2D eigenvalue weighted by Crippen LogP contribution is -2.16. The van der Waals surface area contributed by atoms with Crippen LogP contribution >= 0.6 is 0 Å². The largest absolute Gasteiger partial charge is 0.385 e. The lowest BCUT2D eigenvalue weighted by atomic mass is 10.0. The summed E-state index contributed by atoms with van der Waals surface area (Å²) in [6, 6.07) is 7.70. The number of anilines is 2. The highest BCUT2D eigenvalue weighted by Crippen LogP contribution is 2.23. The maximum Gasteiger partial charge on any atom is 0.255 e. The second-order valence-electron chi connectivity index (χ2n) is 5.05. The number of nitrogens with one attached hydrogen (secondary N) is 2. The average Bonchev–Trinajstić information content (AvgIpc) is 2.49. The van der Waals surface area contributed by atoms with Crippen molar-refractivity contribution < 1.29 is 4.79 Å². The van der Waals surface area contributed by atoms with Gasteiger partial charge in [0.25, 0.3) is 5.91 Å². The number of rotatable bonds is 2. The molecule has 0 saturated carbocycles. The van der Waals surface area contributed by atoms with E-state index in [-0.39, 0.29) is 5.91 Å². The Hall–Kier alpha value is -2.36. The van der Waals surface area contributed by atoms with Crippen molar-refractivity contribution in [3.8, 4) is 0 Å². The number of hydrogen-bond donors (Lipinski definition) is 2. The zero-order valence-corrected chi connectivity index (χ0v) is 11.4. The third kappa shape index (κ3) is 2.50. The van der Waals surface area contributed by atoms with E-state index in [2.05, 4.69) is 15.6 Å². The number of amides is 1. The van der Waals surface area contributed by atoms with Crippen molar-refractivity contribution in [2.24, 2.45) is 0 Å².